The van der Waals surface area contributed by atoms with Crippen molar-refractivity contribution >= 4 is 40.6 Å². The van der Waals surface area contributed by atoms with E-state index in [1.165, 1.54) is 19.1 Å². The summed E-state index contributed by atoms with van der Waals surface area (Å²) < 4.78 is 13.6. The molecule has 0 bridgehead atoms. The molecule has 0 spiro atoms. The summed E-state index contributed by atoms with van der Waals surface area (Å²) in [6.07, 6.45) is 0. The highest BCUT2D eigenvalue weighted by molar-refractivity contribution is 6.35. The molecule has 0 unspecified atom stereocenters. The van der Waals surface area contributed by atoms with E-state index in [0.29, 0.717) is 21.8 Å². The first-order chi connectivity index (χ1) is 11.8. The summed E-state index contributed by atoms with van der Waals surface area (Å²) in [5.41, 5.74) is 1.56. The molecule has 7 heteroatoms. The number of rotatable bonds is 6. The highest BCUT2D eigenvalue weighted by Crippen LogP contribution is 2.28. The number of benzene rings is 2. The van der Waals surface area contributed by atoms with E-state index in [-0.39, 0.29) is 29.3 Å². The van der Waals surface area contributed by atoms with Gasteiger partial charge in [0.1, 0.15) is 5.82 Å². The van der Waals surface area contributed by atoms with Crippen LogP contribution in [0.5, 0.6) is 0 Å². The summed E-state index contributed by atoms with van der Waals surface area (Å²) in [4.78, 5) is 23.4. The van der Waals surface area contributed by atoms with Gasteiger partial charge in [0, 0.05) is 22.3 Å². The Hall–Kier alpha value is -1.95. The summed E-state index contributed by atoms with van der Waals surface area (Å²) >= 11 is 11.7. The largest absolute Gasteiger partial charge is 0.325 e. The third-order valence-corrected chi connectivity index (χ3v) is 4.24. The van der Waals surface area contributed by atoms with Crippen LogP contribution in [0.1, 0.15) is 35.8 Å². The molecular formula is C18H17Cl2FN2O2. The van der Waals surface area contributed by atoms with Crippen molar-refractivity contribution in [2.24, 2.45) is 0 Å². The van der Waals surface area contributed by atoms with Crippen LogP contribution in [0.3, 0.4) is 0 Å². The van der Waals surface area contributed by atoms with Crippen LogP contribution in [-0.4, -0.2) is 18.2 Å². The van der Waals surface area contributed by atoms with E-state index >= 15 is 0 Å². The van der Waals surface area contributed by atoms with Gasteiger partial charge in [0.2, 0.25) is 5.91 Å². The molecule has 0 aliphatic rings. The molecule has 1 amide bonds. The molecule has 132 valence electrons. The zero-order valence-electron chi connectivity index (χ0n) is 13.7. The molecule has 0 aliphatic heterocycles. The van der Waals surface area contributed by atoms with E-state index < -0.39 is 5.82 Å². The molecule has 25 heavy (non-hydrogen) atoms. The van der Waals surface area contributed by atoms with Gasteiger partial charge in [0.05, 0.1) is 11.6 Å². The average Bonchev–Trinajstić information content (AvgIpc) is 2.56. The highest BCUT2D eigenvalue weighted by Gasteiger charge is 2.14. The maximum atomic E-state index is 13.6. The van der Waals surface area contributed by atoms with Crippen molar-refractivity contribution in [3.63, 3.8) is 0 Å². The fourth-order valence-corrected chi connectivity index (χ4v) is 2.79. The van der Waals surface area contributed by atoms with Crippen molar-refractivity contribution in [3.05, 3.63) is 63.4 Å². The van der Waals surface area contributed by atoms with Crippen LogP contribution in [0.4, 0.5) is 10.1 Å². The zero-order chi connectivity index (χ0) is 18.6. The monoisotopic (exact) mass is 382 g/mol. The standard InChI is InChI=1S/C18H17Cl2FN2O2/c1-10(14-7-17(21)16(20)8-15(14)19)22-9-18(25)23-13-5-3-4-12(6-13)11(2)24/h3-8,10,22H,9H2,1-2H3,(H,23,25)/t10-/m0/s1. The Balaban J connectivity index is 1.97. The van der Waals surface area contributed by atoms with Crippen LogP contribution in [0.15, 0.2) is 36.4 Å². The van der Waals surface area contributed by atoms with Gasteiger partial charge in [-0.1, -0.05) is 35.3 Å². The fourth-order valence-electron chi connectivity index (χ4n) is 2.25. The molecule has 0 fully saturated rings. The lowest BCUT2D eigenvalue weighted by Crippen LogP contribution is -2.30. The van der Waals surface area contributed by atoms with E-state index in [1.54, 1.807) is 31.2 Å². The lowest BCUT2D eigenvalue weighted by atomic mass is 10.1. The molecule has 2 rings (SSSR count). The minimum absolute atomic E-state index is 0.00790. The van der Waals surface area contributed by atoms with Crippen molar-refractivity contribution in [1.82, 2.24) is 5.32 Å². The van der Waals surface area contributed by atoms with Gasteiger partial charge in [-0.3, -0.25) is 9.59 Å². The van der Waals surface area contributed by atoms with Crippen molar-refractivity contribution < 1.29 is 14.0 Å². The van der Waals surface area contributed by atoms with Gasteiger partial charge in [-0.2, -0.15) is 0 Å². The maximum Gasteiger partial charge on any atom is 0.238 e. The molecule has 2 aromatic rings. The minimum Gasteiger partial charge on any atom is -0.325 e. The number of halogens is 3. The number of ketones is 1. The quantitative estimate of drug-likeness (QED) is 0.565. The van der Waals surface area contributed by atoms with Gasteiger partial charge in [0.25, 0.3) is 0 Å². The van der Waals surface area contributed by atoms with Gasteiger partial charge >= 0.3 is 0 Å². The van der Waals surface area contributed by atoms with Crippen LogP contribution in [0.25, 0.3) is 0 Å². The second-order valence-electron chi connectivity index (χ2n) is 5.58. The molecule has 4 nitrogen and oxygen atoms in total. The minimum atomic E-state index is -0.569. The lowest BCUT2D eigenvalue weighted by Gasteiger charge is -2.16. The van der Waals surface area contributed by atoms with Crippen LogP contribution < -0.4 is 10.6 Å². The van der Waals surface area contributed by atoms with Crippen LogP contribution in [0.2, 0.25) is 10.0 Å². The smallest absolute Gasteiger partial charge is 0.238 e. The second-order valence-corrected chi connectivity index (χ2v) is 6.39. The molecule has 0 aliphatic carbocycles. The van der Waals surface area contributed by atoms with Crippen molar-refractivity contribution in [3.8, 4) is 0 Å². The Morgan fingerprint density at radius 1 is 1.16 bits per heavy atom. The molecule has 0 radical (unpaired) electrons. The molecule has 0 saturated heterocycles. The molecule has 2 N–H and O–H groups in total. The molecule has 0 heterocycles. The van der Waals surface area contributed by atoms with Crippen molar-refractivity contribution in [1.29, 1.82) is 0 Å². The van der Waals surface area contributed by atoms with Crippen LogP contribution >= 0.6 is 23.2 Å². The molecule has 0 aromatic heterocycles. The Morgan fingerprint density at radius 3 is 2.56 bits per heavy atom. The third kappa shape index (κ3) is 5.26. The second kappa shape index (κ2) is 8.43. The fraction of sp³-hybridized carbons (Fsp3) is 0.222. The van der Waals surface area contributed by atoms with Crippen molar-refractivity contribution in [2.45, 2.75) is 19.9 Å². The highest BCUT2D eigenvalue weighted by atomic mass is 35.5. The SMILES string of the molecule is CC(=O)c1cccc(NC(=O)CN[C@@H](C)c2cc(F)c(Cl)cc2Cl)c1. The van der Waals surface area contributed by atoms with Gasteiger partial charge < -0.3 is 10.6 Å². The average molecular weight is 383 g/mol. The molecule has 2 aromatic carbocycles. The lowest BCUT2D eigenvalue weighted by molar-refractivity contribution is -0.115. The van der Waals surface area contributed by atoms with E-state index in [1.807, 2.05) is 0 Å². The predicted molar refractivity (Wildman–Crippen MR) is 97.9 cm³/mol. The Labute approximate surface area is 155 Å². The number of carbonyl (C=O) groups excluding carboxylic acids is 2. The number of anilines is 1. The number of hydrogen-bond acceptors (Lipinski definition) is 3. The van der Waals surface area contributed by atoms with E-state index in [2.05, 4.69) is 10.6 Å². The number of Topliss-reactive ketones (excluding diaryl/α,β-unsaturated/α-hetero) is 1. The summed E-state index contributed by atoms with van der Waals surface area (Å²) in [6, 6.07) is 8.90. The number of carbonyl (C=O) groups is 2. The van der Waals surface area contributed by atoms with E-state index in [4.69, 9.17) is 23.2 Å². The first kappa shape index (κ1) is 19.4. The van der Waals surface area contributed by atoms with Crippen LogP contribution in [0, 0.1) is 5.82 Å². The molecule has 1 atom stereocenters. The number of nitrogens with one attached hydrogen (secondary N) is 2. The van der Waals surface area contributed by atoms with Gasteiger partial charge in [-0.25, -0.2) is 4.39 Å². The summed E-state index contributed by atoms with van der Waals surface area (Å²) in [7, 11) is 0. The zero-order valence-corrected chi connectivity index (χ0v) is 15.2. The normalized spacial score (nSPS) is 11.9. The van der Waals surface area contributed by atoms with E-state index in [9.17, 15) is 14.0 Å². The Kier molecular flexibility index (Phi) is 6.53. The third-order valence-electron chi connectivity index (χ3n) is 3.63. The van der Waals surface area contributed by atoms with Gasteiger partial charge in [-0.15, -0.1) is 0 Å². The topological polar surface area (TPSA) is 58.2 Å². The molecular weight excluding hydrogens is 366 g/mol. The number of hydrogen-bond donors (Lipinski definition) is 2. The van der Waals surface area contributed by atoms with Crippen LogP contribution in [-0.2, 0) is 4.79 Å². The Morgan fingerprint density at radius 2 is 1.88 bits per heavy atom. The predicted octanol–water partition coefficient (Wildman–Crippen LogP) is 4.62. The summed E-state index contributed by atoms with van der Waals surface area (Å²) in [5.74, 6) is -0.944. The van der Waals surface area contributed by atoms with Gasteiger partial charge in [-0.05, 0) is 43.7 Å². The maximum absolute atomic E-state index is 13.6. The summed E-state index contributed by atoms with van der Waals surface area (Å²) in [6.45, 7) is 3.21. The first-order valence-corrected chi connectivity index (χ1v) is 8.32. The number of amides is 1. The van der Waals surface area contributed by atoms with Gasteiger partial charge in [0.15, 0.2) is 5.78 Å². The first-order valence-electron chi connectivity index (χ1n) is 7.56. The Bertz CT molecular complexity index is 812. The summed E-state index contributed by atoms with van der Waals surface area (Å²) in [5, 5.41) is 5.94. The molecule has 0 saturated carbocycles. The van der Waals surface area contributed by atoms with Crippen molar-refractivity contribution in [2.75, 3.05) is 11.9 Å². The van der Waals surface area contributed by atoms with E-state index in [0.717, 1.165) is 0 Å².